The highest BCUT2D eigenvalue weighted by Crippen LogP contribution is 2.36. The van der Waals surface area contributed by atoms with Gasteiger partial charge < -0.3 is 14.5 Å². The van der Waals surface area contributed by atoms with Crippen LogP contribution in [0.2, 0.25) is 0 Å². The molecule has 0 radical (unpaired) electrons. The molecule has 0 amide bonds. The van der Waals surface area contributed by atoms with Crippen LogP contribution >= 0.6 is 7.82 Å². The molecule has 19 heavy (non-hydrogen) atoms. The lowest BCUT2D eigenvalue weighted by molar-refractivity contribution is 0.113. The Bertz CT molecular complexity index is 602. The zero-order valence-corrected chi connectivity index (χ0v) is 11.3. The molecule has 102 valence electrons. The van der Waals surface area contributed by atoms with E-state index in [4.69, 9.17) is 14.5 Å². The Balaban J connectivity index is 2.11. The summed E-state index contributed by atoms with van der Waals surface area (Å²) in [4.78, 5) is 17.3. The quantitative estimate of drug-likeness (QED) is 0.825. The Kier molecular flexibility index (Phi) is 4.22. The number of rotatable bonds is 5. The van der Waals surface area contributed by atoms with Crippen molar-refractivity contribution in [2.75, 3.05) is 6.61 Å². The number of ether oxygens (including phenoxy) is 1. The molecule has 0 bridgehead atoms. The summed E-state index contributed by atoms with van der Waals surface area (Å²) >= 11 is 0. The number of hydrogen-bond acceptors (Lipinski definition) is 3. The van der Waals surface area contributed by atoms with Crippen LogP contribution in [0.5, 0.6) is 5.75 Å². The van der Waals surface area contributed by atoms with Crippen LogP contribution in [-0.2, 0) is 9.09 Å². The van der Waals surface area contributed by atoms with Crippen molar-refractivity contribution in [1.82, 2.24) is 0 Å². The highest BCUT2D eigenvalue weighted by molar-refractivity contribution is 7.46. The van der Waals surface area contributed by atoms with Crippen LogP contribution in [0.25, 0.3) is 10.8 Å². The highest BCUT2D eigenvalue weighted by Gasteiger charge is 2.17. The average molecular weight is 282 g/mol. The molecule has 2 aromatic rings. The van der Waals surface area contributed by atoms with Crippen molar-refractivity contribution in [2.24, 2.45) is 0 Å². The van der Waals surface area contributed by atoms with Crippen molar-refractivity contribution in [1.29, 1.82) is 0 Å². The van der Waals surface area contributed by atoms with E-state index in [1.54, 1.807) is 6.92 Å². The van der Waals surface area contributed by atoms with E-state index in [1.165, 1.54) is 0 Å². The molecule has 2 aromatic carbocycles. The van der Waals surface area contributed by atoms with E-state index in [0.29, 0.717) is 5.75 Å². The van der Waals surface area contributed by atoms with Crippen molar-refractivity contribution in [3.05, 3.63) is 42.5 Å². The Morgan fingerprint density at radius 2 is 1.84 bits per heavy atom. The van der Waals surface area contributed by atoms with E-state index in [-0.39, 0.29) is 6.61 Å². The van der Waals surface area contributed by atoms with Gasteiger partial charge in [-0.15, -0.1) is 0 Å². The largest absolute Gasteiger partial charge is 0.488 e. The van der Waals surface area contributed by atoms with Gasteiger partial charge in [0.15, 0.2) is 0 Å². The van der Waals surface area contributed by atoms with Crippen molar-refractivity contribution >= 4 is 18.6 Å². The molecule has 1 unspecified atom stereocenters. The minimum absolute atomic E-state index is 0.173. The van der Waals surface area contributed by atoms with E-state index in [9.17, 15) is 4.57 Å². The van der Waals surface area contributed by atoms with Gasteiger partial charge in [-0.05, 0) is 18.4 Å². The maximum absolute atomic E-state index is 10.6. The second kappa shape index (κ2) is 5.72. The summed E-state index contributed by atoms with van der Waals surface area (Å²) in [5.74, 6) is 0.667. The lowest BCUT2D eigenvalue weighted by Crippen LogP contribution is -2.18. The summed E-state index contributed by atoms with van der Waals surface area (Å²) < 4.78 is 20.7. The van der Waals surface area contributed by atoms with Gasteiger partial charge in [-0.25, -0.2) is 4.57 Å². The Hall–Kier alpha value is -1.39. The van der Waals surface area contributed by atoms with E-state index >= 15 is 0 Å². The summed E-state index contributed by atoms with van der Waals surface area (Å²) in [6.07, 6.45) is -0.460. The highest BCUT2D eigenvalue weighted by atomic mass is 31.2. The lowest BCUT2D eigenvalue weighted by Gasteiger charge is -2.16. The van der Waals surface area contributed by atoms with Crippen molar-refractivity contribution in [3.8, 4) is 5.75 Å². The van der Waals surface area contributed by atoms with Crippen molar-refractivity contribution in [3.63, 3.8) is 0 Å². The molecule has 0 aromatic heterocycles. The van der Waals surface area contributed by atoms with E-state index in [1.807, 2.05) is 42.5 Å². The van der Waals surface area contributed by atoms with Gasteiger partial charge in [0, 0.05) is 5.39 Å². The SMILES string of the molecule is CC(COP(=O)(O)O)Oc1cccc2ccccc12. The fourth-order valence-electron chi connectivity index (χ4n) is 1.75. The third kappa shape index (κ3) is 4.04. The molecule has 0 aliphatic heterocycles. The van der Waals surface area contributed by atoms with Crippen LogP contribution in [-0.4, -0.2) is 22.5 Å². The topological polar surface area (TPSA) is 76.0 Å². The van der Waals surface area contributed by atoms with Crippen LogP contribution < -0.4 is 4.74 Å². The number of benzene rings is 2. The molecule has 2 N–H and O–H groups in total. The van der Waals surface area contributed by atoms with Crippen LogP contribution in [0.3, 0.4) is 0 Å². The molecule has 0 heterocycles. The van der Waals surface area contributed by atoms with Gasteiger partial charge >= 0.3 is 7.82 Å². The molecule has 0 saturated heterocycles. The van der Waals surface area contributed by atoms with Crippen LogP contribution in [0.15, 0.2) is 42.5 Å². The fraction of sp³-hybridized carbons (Fsp3) is 0.231. The van der Waals surface area contributed by atoms with Gasteiger partial charge in [-0.2, -0.15) is 0 Å². The molecule has 5 nitrogen and oxygen atoms in total. The molecule has 0 spiro atoms. The number of fused-ring (bicyclic) bond motifs is 1. The number of hydrogen-bond donors (Lipinski definition) is 2. The fourth-order valence-corrected chi connectivity index (χ4v) is 2.16. The molecular weight excluding hydrogens is 267 g/mol. The maximum atomic E-state index is 10.6. The summed E-state index contributed by atoms with van der Waals surface area (Å²) in [5.41, 5.74) is 0. The summed E-state index contributed by atoms with van der Waals surface area (Å²) in [7, 11) is -4.45. The van der Waals surface area contributed by atoms with Gasteiger partial charge in [0.2, 0.25) is 0 Å². The van der Waals surface area contributed by atoms with Gasteiger partial charge in [-0.3, -0.25) is 4.52 Å². The first-order valence-electron chi connectivity index (χ1n) is 5.80. The molecule has 0 saturated carbocycles. The third-order valence-corrected chi connectivity index (χ3v) is 3.04. The first-order chi connectivity index (χ1) is 8.96. The minimum atomic E-state index is -4.45. The zero-order valence-electron chi connectivity index (χ0n) is 10.4. The van der Waals surface area contributed by atoms with Gasteiger partial charge in [0.05, 0.1) is 6.61 Å². The van der Waals surface area contributed by atoms with Crippen molar-refractivity contribution in [2.45, 2.75) is 13.0 Å². The first-order valence-corrected chi connectivity index (χ1v) is 7.33. The predicted octanol–water partition coefficient (Wildman–Crippen LogP) is 2.72. The third-order valence-electron chi connectivity index (χ3n) is 2.56. The van der Waals surface area contributed by atoms with Crippen molar-refractivity contribution < 1.29 is 23.6 Å². The van der Waals surface area contributed by atoms with E-state index in [2.05, 4.69) is 4.52 Å². The van der Waals surface area contributed by atoms with E-state index < -0.39 is 13.9 Å². The standard InChI is InChI=1S/C13H15O5P/c1-10(9-17-19(14,15)16)18-13-8-4-6-11-5-2-3-7-12(11)13/h2-8,10H,9H2,1H3,(H2,14,15,16). The number of phosphoric ester groups is 1. The average Bonchev–Trinajstić information content (AvgIpc) is 2.36. The number of phosphoric acid groups is 1. The Morgan fingerprint density at radius 3 is 2.58 bits per heavy atom. The monoisotopic (exact) mass is 282 g/mol. The molecule has 0 aliphatic carbocycles. The van der Waals surface area contributed by atoms with E-state index in [0.717, 1.165) is 10.8 Å². The van der Waals surface area contributed by atoms with Gasteiger partial charge in [0.25, 0.3) is 0 Å². The summed E-state index contributed by atoms with van der Waals surface area (Å²) in [5, 5.41) is 2.00. The lowest BCUT2D eigenvalue weighted by atomic mass is 10.1. The Morgan fingerprint density at radius 1 is 1.16 bits per heavy atom. The molecule has 0 fully saturated rings. The molecule has 0 aliphatic rings. The summed E-state index contributed by atoms with van der Waals surface area (Å²) in [6, 6.07) is 13.4. The molecule has 6 heteroatoms. The van der Waals surface area contributed by atoms with Crippen LogP contribution in [0.1, 0.15) is 6.92 Å². The minimum Gasteiger partial charge on any atom is -0.488 e. The first kappa shape index (κ1) is 14.0. The Labute approximate surface area is 111 Å². The molecular formula is C13H15O5P. The smallest absolute Gasteiger partial charge is 0.469 e. The normalized spacial score (nSPS) is 13.4. The van der Waals surface area contributed by atoms with Crippen LogP contribution in [0.4, 0.5) is 0 Å². The predicted molar refractivity (Wildman–Crippen MR) is 72.0 cm³/mol. The van der Waals surface area contributed by atoms with Gasteiger partial charge in [-0.1, -0.05) is 36.4 Å². The molecule has 1 atom stereocenters. The van der Waals surface area contributed by atoms with Gasteiger partial charge in [0.1, 0.15) is 11.9 Å². The maximum Gasteiger partial charge on any atom is 0.469 e. The zero-order chi connectivity index (χ0) is 13.9. The summed E-state index contributed by atoms with van der Waals surface area (Å²) in [6.45, 7) is 1.52. The molecule has 2 rings (SSSR count). The second-order valence-corrected chi connectivity index (χ2v) is 5.43. The second-order valence-electron chi connectivity index (χ2n) is 4.19. The van der Waals surface area contributed by atoms with Crippen LogP contribution in [0, 0.1) is 0 Å².